The van der Waals surface area contributed by atoms with Crippen molar-refractivity contribution < 1.29 is 4.74 Å². The smallest absolute Gasteiger partial charge is 0.231 e. The summed E-state index contributed by atoms with van der Waals surface area (Å²) < 4.78 is 5.41. The SMILES string of the molecule is Cc1cc(/C=C/CN2CCOCC2)ccc1Nc1nc(NC2CCCCC2)c2[nH]cnc2n1. The van der Waals surface area contributed by atoms with Gasteiger partial charge in [-0.05, 0) is 43.0 Å². The molecule has 3 heterocycles. The summed E-state index contributed by atoms with van der Waals surface area (Å²) >= 11 is 0. The first-order valence-corrected chi connectivity index (χ1v) is 12.1. The molecule has 2 aliphatic rings. The molecule has 0 spiro atoms. The van der Waals surface area contributed by atoms with Crippen molar-refractivity contribution in [3.63, 3.8) is 0 Å². The van der Waals surface area contributed by atoms with Crippen molar-refractivity contribution in [2.75, 3.05) is 43.5 Å². The highest BCUT2D eigenvalue weighted by atomic mass is 16.5. The maximum Gasteiger partial charge on any atom is 0.231 e. The largest absolute Gasteiger partial charge is 0.379 e. The highest BCUT2D eigenvalue weighted by Crippen LogP contribution is 2.27. The predicted molar refractivity (Wildman–Crippen MR) is 133 cm³/mol. The van der Waals surface area contributed by atoms with Crippen molar-refractivity contribution >= 4 is 34.7 Å². The maximum atomic E-state index is 5.41. The number of benzene rings is 1. The number of imidazole rings is 1. The van der Waals surface area contributed by atoms with Gasteiger partial charge in [0.1, 0.15) is 5.52 Å². The third-order valence-corrected chi connectivity index (χ3v) is 6.51. The number of anilines is 3. The summed E-state index contributed by atoms with van der Waals surface area (Å²) in [5, 5.41) is 7.03. The number of hydrogen-bond acceptors (Lipinski definition) is 7. The first-order chi connectivity index (χ1) is 16.2. The Balaban J connectivity index is 1.28. The van der Waals surface area contributed by atoms with Gasteiger partial charge in [0.2, 0.25) is 5.95 Å². The van der Waals surface area contributed by atoms with E-state index in [4.69, 9.17) is 9.72 Å². The molecule has 0 unspecified atom stereocenters. The number of rotatable bonds is 7. The van der Waals surface area contributed by atoms with Crippen LogP contribution in [0.4, 0.5) is 17.5 Å². The van der Waals surface area contributed by atoms with Crippen LogP contribution in [0.15, 0.2) is 30.6 Å². The number of nitrogens with one attached hydrogen (secondary N) is 3. The number of aromatic nitrogens is 4. The molecule has 33 heavy (non-hydrogen) atoms. The second kappa shape index (κ2) is 10.3. The van der Waals surface area contributed by atoms with Crippen molar-refractivity contribution in [2.24, 2.45) is 0 Å². The molecule has 3 N–H and O–H groups in total. The lowest BCUT2D eigenvalue weighted by Gasteiger charge is -2.25. The summed E-state index contributed by atoms with van der Waals surface area (Å²) in [7, 11) is 0. The van der Waals surface area contributed by atoms with Crippen LogP contribution in [0.2, 0.25) is 0 Å². The number of aromatic amines is 1. The van der Waals surface area contributed by atoms with E-state index in [9.17, 15) is 0 Å². The van der Waals surface area contributed by atoms with Crippen LogP contribution < -0.4 is 10.6 Å². The third-order valence-electron chi connectivity index (χ3n) is 6.51. The third kappa shape index (κ3) is 5.51. The van der Waals surface area contributed by atoms with Gasteiger partial charge in [0, 0.05) is 31.4 Å². The van der Waals surface area contributed by atoms with Gasteiger partial charge in [-0.1, -0.05) is 37.5 Å². The number of H-pyrrole nitrogens is 1. The number of ether oxygens (including phenoxy) is 1. The molecule has 8 nitrogen and oxygen atoms in total. The molecule has 1 saturated heterocycles. The van der Waals surface area contributed by atoms with Crippen LogP contribution in [0.25, 0.3) is 17.2 Å². The summed E-state index contributed by atoms with van der Waals surface area (Å²) in [5.74, 6) is 1.39. The number of aryl methyl sites for hydroxylation is 1. The minimum Gasteiger partial charge on any atom is -0.379 e. The first kappa shape index (κ1) is 21.9. The van der Waals surface area contributed by atoms with Gasteiger partial charge in [0.05, 0.1) is 19.5 Å². The highest BCUT2D eigenvalue weighted by molar-refractivity contribution is 5.84. The average Bonchev–Trinajstić information content (AvgIpc) is 3.31. The van der Waals surface area contributed by atoms with Crippen LogP contribution >= 0.6 is 0 Å². The molecule has 0 atom stereocenters. The Bertz CT molecular complexity index is 1100. The van der Waals surface area contributed by atoms with Crippen LogP contribution in [-0.2, 0) is 4.74 Å². The van der Waals surface area contributed by atoms with Crippen molar-refractivity contribution in [3.8, 4) is 0 Å². The second-order valence-corrected chi connectivity index (χ2v) is 8.99. The van der Waals surface area contributed by atoms with E-state index in [-0.39, 0.29) is 0 Å². The van der Waals surface area contributed by atoms with Gasteiger partial charge < -0.3 is 20.4 Å². The van der Waals surface area contributed by atoms with E-state index in [0.29, 0.717) is 17.6 Å². The topological polar surface area (TPSA) is 91.0 Å². The summed E-state index contributed by atoms with van der Waals surface area (Å²) in [5.41, 5.74) is 4.87. The van der Waals surface area contributed by atoms with Gasteiger partial charge in [-0.3, -0.25) is 4.90 Å². The molecule has 3 aromatic rings. The van der Waals surface area contributed by atoms with Crippen LogP contribution in [0.1, 0.15) is 43.2 Å². The first-order valence-electron chi connectivity index (χ1n) is 12.1. The monoisotopic (exact) mass is 447 g/mol. The fourth-order valence-electron chi connectivity index (χ4n) is 4.61. The molecule has 1 aromatic carbocycles. The lowest BCUT2D eigenvalue weighted by Crippen LogP contribution is -2.36. The molecule has 2 fully saturated rings. The van der Waals surface area contributed by atoms with E-state index in [0.717, 1.165) is 55.4 Å². The molecule has 0 radical (unpaired) electrons. The van der Waals surface area contributed by atoms with E-state index >= 15 is 0 Å². The summed E-state index contributed by atoms with van der Waals surface area (Å²) in [6, 6.07) is 6.86. The second-order valence-electron chi connectivity index (χ2n) is 8.99. The molecule has 5 rings (SSSR count). The Morgan fingerprint density at radius 2 is 2.00 bits per heavy atom. The van der Waals surface area contributed by atoms with Crippen LogP contribution in [0.5, 0.6) is 0 Å². The van der Waals surface area contributed by atoms with Crippen LogP contribution in [-0.4, -0.2) is 63.7 Å². The number of nitrogens with zero attached hydrogens (tertiary/aromatic N) is 4. The average molecular weight is 448 g/mol. The number of fused-ring (bicyclic) bond motifs is 1. The maximum absolute atomic E-state index is 5.41. The molecule has 8 heteroatoms. The Hall–Kier alpha value is -2.97. The zero-order chi connectivity index (χ0) is 22.5. The fraction of sp³-hybridized carbons (Fsp3) is 0.480. The summed E-state index contributed by atoms with van der Waals surface area (Å²) in [6.07, 6.45) is 12.3. The fourth-order valence-corrected chi connectivity index (χ4v) is 4.61. The summed E-state index contributed by atoms with van der Waals surface area (Å²) in [6.45, 7) is 6.73. The summed E-state index contributed by atoms with van der Waals surface area (Å²) in [4.78, 5) is 19.4. The molecule has 174 valence electrons. The van der Waals surface area contributed by atoms with E-state index in [1.54, 1.807) is 6.33 Å². The number of hydrogen-bond donors (Lipinski definition) is 3. The van der Waals surface area contributed by atoms with Crippen molar-refractivity contribution in [1.82, 2.24) is 24.8 Å². The van der Waals surface area contributed by atoms with Crippen LogP contribution in [0.3, 0.4) is 0 Å². The van der Waals surface area contributed by atoms with Gasteiger partial charge in [-0.25, -0.2) is 4.98 Å². The number of morpholine rings is 1. The lowest BCUT2D eigenvalue weighted by atomic mass is 9.95. The zero-order valence-corrected chi connectivity index (χ0v) is 19.3. The molecule has 2 aromatic heterocycles. The predicted octanol–water partition coefficient (Wildman–Crippen LogP) is 4.49. The van der Waals surface area contributed by atoms with Gasteiger partial charge in [0.15, 0.2) is 11.5 Å². The normalized spacial score (nSPS) is 18.2. The standard InChI is InChI=1S/C25H33N7O/c1-18-16-19(6-5-11-32-12-14-33-15-13-32)9-10-21(18)29-25-30-23-22(26-17-27-23)24(31-25)28-20-7-3-2-4-8-20/h5-6,9-10,16-17,20H,2-4,7-8,11-15H2,1H3,(H3,26,27,28,29,30,31)/b6-5+. The van der Waals surface area contributed by atoms with E-state index in [1.165, 1.54) is 37.7 Å². The van der Waals surface area contributed by atoms with Gasteiger partial charge in [0.25, 0.3) is 0 Å². The molecule has 1 aliphatic carbocycles. The minimum absolute atomic E-state index is 0.457. The highest BCUT2D eigenvalue weighted by Gasteiger charge is 2.17. The Labute approximate surface area is 194 Å². The van der Waals surface area contributed by atoms with E-state index in [2.05, 4.69) is 67.8 Å². The molecule has 1 aliphatic heterocycles. The minimum atomic E-state index is 0.457. The van der Waals surface area contributed by atoms with Gasteiger partial charge in [-0.2, -0.15) is 9.97 Å². The molecule has 1 saturated carbocycles. The van der Waals surface area contributed by atoms with Crippen LogP contribution in [0, 0.1) is 6.92 Å². The Kier molecular flexibility index (Phi) is 6.83. The molecule has 0 amide bonds. The van der Waals surface area contributed by atoms with Crippen molar-refractivity contribution in [3.05, 3.63) is 41.7 Å². The van der Waals surface area contributed by atoms with E-state index < -0.39 is 0 Å². The van der Waals surface area contributed by atoms with E-state index in [1.807, 2.05) is 0 Å². The Morgan fingerprint density at radius 3 is 2.82 bits per heavy atom. The zero-order valence-electron chi connectivity index (χ0n) is 19.3. The lowest BCUT2D eigenvalue weighted by molar-refractivity contribution is 0.0435. The van der Waals surface area contributed by atoms with Gasteiger partial charge in [-0.15, -0.1) is 0 Å². The Morgan fingerprint density at radius 1 is 1.15 bits per heavy atom. The molecular weight excluding hydrogens is 414 g/mol. The van der Waals surface area contributed by atoms with Crippen molar-refractivity contribution in [2.45, 2.75) is 45.1 Å². The quantitative estimate of drug-likeness (QED) is 0.491. The molecular formula is C25H33N7O. The van der Waals surface area contributed by atoms with Gasteiger partial charge >= 0.3 is 0 Å². The molecule has 0 bridgehead atoms. The van der Waals surface area contributed by atoms with Crippen molar-refractivity contribution in [1.29, 1.82) is 0 Å².